The highest BCUT2D eigenvalue weighted by molar-refractivity contribution is 7.07. The van der Waals surface area contributed by atoms with Gasteiger partial charge in [0.25, 0.3) is 0 Å². The lowest BCUT2D eigenvalue weighted by atomic mass is 9.95. The zero-order valence-electron chi connectivity index (χ0n) is 9.55. The first kappa shape index (κ1) is 13.1. The number of esters is 1. The lowest BCUT2D eigenvalue weighted by Gasteiger charge is -2.19. The fraction of sp³-hybridized carbons (Fsp3) is 0.636. The molecule has 0 aromatic carbocycles. The van der Waals surface area contributed by atoms with Crippen molar-refractivity contribution in [1.82, 2.24) is 4.98 Å². The molecule has 0 aliphatic heterocycles. The molecular formula is C11H17NO3S. The van der Waals surface area contributed by atoms with E-state index in [4.69, 9.17) is 4.74 Å². The lowest BCUT2D eigenvalue weighted by molar-refractivity contribution is -0.152. The van der Waals surface area contributed by atoms with E-state index >= 15 is 0 Å². The first-order valence-electron chi connectivity index (χ1n) is 5.43. The van der Waals surface area contributed by atoms with E-state index in [-0.39, 0.29) is 5.97 Å². The van der Waals surface area contributed by atoms with Gasteiger partial charge in [0, 0.05) is 5.38 Å². The van der Waals surface area contributed by atoms with Crippen LogP contribution in [0.3, 0.4) is 0 Å². The van der Waals surface area contributed by atoms with Gasteiger partial charge in [-0.15, -0.1) is 11.3 Å². The molecule has 0 amide bonds. The molecule has 4 nitrogen and oxygen atoms in total. The molecule has 2 atom stereocenters. The highest BCUT2D eigenvalue weighted by atomic mass is 32.1. The van der Waals surface area contributed by atoms with Crippen molar-refractivity contribution < 1.29 is 14.6 Å². The topological polar surface area (TPSA) is 59.4 Å². The molecule has 0 bridgehead atoms. The quantitative estimate of drug-likeness (QED) is 0.778. The number of hydrogen-bond donors (Lipinski definition) is 1. The Bertz CT molecular complexity index is 313. The minimum absolute atomic E-state index is 0.336. The van der Waals surface area contributed by atoms with Gasteiger partial charge in [-0.2, -0.15) is 0 Å². The van der Waals surface area contributed by atoms with Crippen molar-refractivity contribution in [2.45, 2.75) is 32.8 Å². The number of aliphatic hydroxyl groups is 1. The molecule has 90 valence electrons. The van der Waals surface area contributed by atoms with E-state index in [9.17, 15) is 9.90 Å². The molecule has 1 aromatic rings. The Morgan fingerprint density at radius 1 is 1.62 bits per heavy atom. The van der Waals surface area contributed by atoms with Crippen LogP contribution in [0.25, 0.3) is 0 Å². The molecule has 0 aliphatic carbocycles. The number of hydrogen-bond acceptors (Lipinski definition) is 5. The summed E-state index contributed by atoms with van der Waals surface area (Å²) in [6.07, 6.45) is 0.576. The van der Waals surface area contributed by atoms with Crippen LogP contribution in [0.5, 0.6) is 0 Å². The third kappa shape index (κ3) is 3.28. The first-order valence-corrected chi connectivity index (χ1v) is 6.37. The van der Waals surface area contributed by atoms with E-state index in [1.165, 1.54) is 11.3 Å². The van der Waals surface area contributed by atoms with Crippen LogP contribution in [0, 0.1) is 5.92 Å². The lowest BCUT2D eigenvalue weighted by Crippen LogP contribution is -2.24. The van der Waals surface area contributed by atoms with Crippen molar-refractivity contribution in [3.05, 3.63) is 16.6 Å². The summed E-state index contributed by atoms with van der Waals surface area (Å²) in [5.74, 6) is -0.850. The maximum Gasteiger partial charge on any atom is 0.311 e. The monoisotopic (exact) mass is 243 g/mol. The second-order valence-corrected chi connectivity index (χ2v) is 4.22. The Morgan fingerprint density at radius 3 is 2.88 bits per heavy atom. The van der Waals surface area contributed by atoms with E-state index in [0.29, 0.717) is 18.7 Å². The Hall–Kier alpha value is -0.940. The number of thiazole rings is 1. The first-order chi connectivity index (χ1) is 7.70. The van der Waals surface area contributed by atoms with Crippen LogP contribution in [0.15, 0.2) is 10.9 Å². The van der Waals surface area contributed by atoms with E-state index in [1.807, 2.05) is 6.92 Å². The van der Waals surface area contributed by atoms with Gasteiger partial charge in [-0.05, 0) is 13.3 Å². The van der Waals surface area contributed by atoms with E-state index in [2.05, 4.69) is 4.98 Å². The van der Waals surface area contributed by atoms with Gasteiger partial charge in [0.15, 0.2) is 0 Å². The summed E-state index contributed by atoms with van der Waals surface area (Å²) in [4.78, 5) is 15.7. The largest absolute Gasteiger partial charge is 0.466 e. The van der Waals surface area contributed by atoms with Gasteiger partial charge in [0.1, 0.15) is 6.10 Å². The third-order valence-electron chi connectivity index (χ3n) is 2.32. The summed E-state index contributed by atoms with van der Waals surface area (Å²) in [6, 6.07) is 0. The summed E-state index contributed by atoms with van der Waals surface area (Å²) in [7, 11) is 0. The highest BCUT2D eigenvalue weighted by Crippen LogP contribution is 2.26. The zero-order valence-corrected chi connectivity index (χ0v) is 10.4. The summed E-state index contributed by atoms with van der Waals surface area (Å²) in [5.41, 5.74) is 2.20. The van der Waals surface area contributed by atoms with Crippen LogP contribution in [0.2, 0.25) is 0 Å². The van der Waals surface area contributed by atoms with Crippen molar-refractivity contribution in [2.24, 2.45) is 5.92 Å². The van der Waals surface area contributed by atoms with Crippen molar-refractivity contribution >= 4 is 17.3 Å². The van der Waals surface area contributed by atoms with Gasteiger partial charge in [-0.25, -0.2) is 4.98 Å². The van der Waals surface area contributed by atoms with Crippen molar-refractivity contribution in [1.29, 1.82) is 0 Å². The van der Waals surface area contributed by atoms with E-state index < -0.39 is 12.0 Å². The van der Waals surface area contributed by atoms with Crippen LogP contribution in [-0.4, -0.2) is 22.7 Å². The average Bonchev–Trinajstić information content (AvgIpc) is 2.78. The van der Waals surface area contributed by atoms with Gasteiger partial charge in [-0.3, -0.25) is 4.79 Å². The molecule has 2 unspecified atom stereocenters. The molecule has 0 saturated carbocycles. The fourth-order valence-corrected chi connectivity index (χ4v) is 2.12. The summed E-state index contributed by atoms with van der Waals surface area (Å²) in [5, 5.41) is 11.8. The maximum atomic E-state index is 11.7. The van der Waals surface area contributed by atoms with Crippen LogP contribution < -0.4 is 0 Å². The van der Waals surface area contributed by atoms with Crippen LogP contribution in [-0.2, 0) is 9.53 Å². The molecule has 1 N–H and O–H groups in total. The molecule has 0 radical (unpaired) electrons. The predicted octanol–water partition coefficient (Wildman–Crippen LogP) is 2.16. The molecular weight excluding hydrogens is 226 g/mol. The number of ether oxygens (including phenoxy) is 1. The third-order valence-corrected chi connectivity index (χ3v) is 2.93. The molecule has 1 heterocycles. The van der Waals surface area contributed by atoms with Crippen LogP contribution in [0.4, 0.5) is 0 Å². The van der Waals surface area contributed by atoms with E-state index in [1.54, 1.807) is 17.8 Å². The second kappa shape index (κ2) is 6.60. The normalized spacial score (nSPS) is 14.4. The number of rotatable bonds is 6. The van der Waals surface area contributed by atoms with Gasteiger partial charge in [0.05, 0.1) is 23.7 Å². The minimum atomic E-state index is -0.856. The highest BCUT2D eigenvalue weighted by Gasteiger charge is 2.29. The molecule has 0 saturated heterocycles. The molecule has 0 aliphatic rings. The smallest absolute Gasteiger partial charge is 0.311 e. The van der Waals surface area contributed by atoms with Crippen LogP contribution >= 0.6 is 11.3 Å². The Labute approximate surface area is 99.3 Å². The number of aliphatic hydroxyl groups excluding tert-OH is 1. The second-order valence-electron chi connectivity index (χ2n) is 3.51. The van der Waals surface area contributed by atoms with Crippen molar-refractivity contribution in [3.63, 3.8) is 0 Å². The van der Waals surface area contributed by atoms with Gasteiger partial charge in [-0.1, -0.05) is 13.3 Å². The fourth-order valence-electron chi connectivity index (χ4n) is 1.54. The number of aromatic nitrogens is 1. The molecule has 5 heteroatoms. The summed E-state index contributed by atoms with van der Waals surface area (Å²) >= 11 is 1.41. The number of carbonyl (C=O) groups is 1. The maximum absolute atomic E-state index is 11.7. The Balaban J connectivity index is 2.72. The zero-order chi connectivity index (χ0) is 12.0. The number of carbonyl (C=O) groups excluding carboxylic acids is 1. The Morgan fingerprint density at radius 2 is 2.38 bits per heavy atom. The summed E-state index contributed by atoms with van der Waals surface area (Å²) < 4.78 is 4.95. The number of nitrogens with zero attached hydrogens (tertiary/aromatic N) is 1. The van der Waals surface area contributed by atoms with E-state index in [0.717, 1.165) is 6.42 Å². The average molecular weight is 243 g/mol. The van der Waals surface area contributed by atoms with Crippen LogP contribution in [0.1, 0.15) is 38.5 Å². The molecule has 0 fully saturated rings. The van der Waals surface area contributed by atoms with Crippen molar-refractivity contribution in [2.75, 3.05) is 6.61 Å². The molecule has 16 heavy (non-hydrogen) atoms. The minimum Gasteiger partial charge on any atom is -0.466 e. The standard InChI is InChI=1S/C11H17NO3S/c1-3-5-8(11(14)15-4-2)10(13)9-6-16-7-12-9/h6-8,10,13H,3-5H2,1-2H3. The van der Waals surface area contributed by atoms with Gasteiger partial charge in [0.2, 0.25) is 0 Å². The molecule has 1 rings (SSSR count). The predicted molar refractivity (Wildman–Crippen MR) is 62.1 cm³/mol. The Kier molecular flexibility index (Phi) is 5.42. The SMILES string of the molecule is CCCC(C(=O)OCC)C(O)c1cscn1. The van der Waals surface area contributed by atoms with Crippen molar-refractivity contribution in [3.8, 4) is 0 Å². The van der Waals surface area contributed by atoms with Gasteiger partial charge >= 0.3 is 5.97 Å². The molecule has 0 spiro atoms. The summed E-state index contributed by atoms with van der Waals surface area (Å²) in [6.45, 7) is 4.07. The molecule has 1 aromatic heterocycles. The van der Waals surface area contributed by atoms with Gasteiger partial charge < -0.3 is 9.84 Å².